The van der Waals surface area contributed by atoms with E-state index in [2.05, 4.69) is 9.97 Å². The summed E-state index contributed by atoms with van der Waals surface area (Å²) in [5.41, 5.74) is 2.50. The highest BCUT2D eigenvalue weighted by molar-refractivity contribution is 7.96. The second-order valence-electron chi connectivity index (χ2n) is 7.01. The first-order chi connectivity index (χ1) is 14.0. The number of rotatable bonds is 2. The van der Waals surface area contributed by atoms with Gasteiger partial charge < -0.3 is 4.74 Å². The van der Waals surface area contributed by atoms with Crippen molar-refractivity contribution in [2.24, 2.45) is 0 Å². The molecular weight excluding hydrogens is 393 g/mol. The predicted molar refractivity (Wildman–Crippen MR) is 107 cm³/mol. The molecule has 1 spiro atoms. The maximum Gasteiger partial charge on any atom is 0.337 e. The Hall–Kier alpha value is -3.00. The standard InChI is InChI=1S/C21H18FN3O3S/c1-13-8-9-14(19(26)28-2)5-3-6-15-11-21(12-17(15)24-13)16-7-4-10-23-18(16)25(29-22)20(21)27/h3-10H,11-12H2,1-2H3. The third-order valence-electron chi connectivity index (χ3n) is 5.30. The molecule has 0 aromatic carbocycles. The Bertz CT molecular complexity index is 1080. The number of anilines is 1. The van der Waals surface area contributed by atoms with E-state index in [1.807, 2.05) is 19.1 Å². The van der Waals surface area contributed by atoms with E-state index < -0.39 is 11.4 Å². The van der Waals surface area contributed by atoms with Crippen LogP contribution in [0.15, 0.2) is 48.7 Å². The Morgan fingerprint density at radius 3 is 2.79 bits per heavy atom. The molecule has 0 fully saturated rings. The molecule has 2 aromatic rings. The van der Waals surface area contributed by atoms with Crippen LogP contribution in [-0.4, -0.2) is 29.0 Å². The molecule has 1 aliphatic carbocycles. The van der Waals surface area contributed by atoms with Gasteiger partial charge in [0.1, 0.15) is 0 Å². The zero-order chi connectivity index (χ0) is 20.6. The minimum atomic E-state index is -0.922. The minimum absolute atomic E-state index is 0.124. The van der Waals surface area contributed by atoms with Gasteiger partial charge in [-0.3, -0.25) is 9.78 Å². The topological polar surface area (TPSA) is 72.4 Å². The lowest BCUT2D eigenvalue weighted by atomic mass is 9.80. The molecule has 0 bridgehead atoms. The number of aryl methyl sites for hydroxylation is 1. The van der Waals surface area contributed by atoms with Crippen molar-refractivity contribution in [3.63, 3.8) is 0 Å². The van der Waals surface area contributed by atoms with Crippen LogP contribution >= 0.6 is 12.3 Å². The quantitative estimate of drug-likeness (QED) is 0.555. The molecule has 6 nitrogen and oxygen atoms in total. The Balaban J connectivity index is 1.85. The number of fused-ring (bicyclic) bond motifs is 3. The third kappa shape index (κ3) is 3.13. The lowest BCUT2D eigenvalue weighted by molar-refractivity contribution is -0.121. The molecule has 29 heavy (non-hydrogen) atoms. The number of amides is 1. The first-order valence-electron chi connectivity index (χ1n) is 9.01. The Labute approximate surface area is 171 Å². The molecule has 1 aliphatic heterocycles. The van der Waals surface area contributed by atoms with Crippen molar-refractivity contribution in [3.8, 4) is 0 Å². The number of nitrogens with zero attached hydrogens (tertiary/aromatic N) is 3. The van der Waals surface area contributed by atoms with Crippen LogP contribution in [0.1, 0.15) is 32.9 Å². The van der Waals surface area contributed by atoms with Crippen LogP contribution in [0.5, 0.6) is 0 Å². The van der Waals surface area contributed by atoms with E-state index in [9.17, 15) is 13.5 Å². The highest BCUT2D eigenvalue weighted by Gasteiger charge is 2.55. The van der Waals surface area contributed by atoms with Crippen LogP contribution in [0.4, 0.5) is 9.70 Å². The Morgan fingerprint density at radius 2 is 2.03 bits per heavy atom. The van der Waals surface area contributed by atoms with Crippen LogP contribution in [0.3, 0.4) is 0 Å². The molecule has 0 saturated carbocycles. The van der Waals surface area contributed by atoms with Gasteiger partial charge in [0.25, 0.3) is 5.91 Å². The summed E-state index contributed by atoms with van der Waals surface area (Å²) < 4.78 is 19.4. The molecule has 148 valence electrons. The smallest absolute Gasteiger partial charge is 0.337 e. The summed E-state index contributed by atoms with van der Waals surface area (Å²) in [7, 11) is 1.33. The van der Waals surface area contributed by atoms with Gasteiger partial charge in [-0.05, 0) is 43.2 Å². The summed E-state index contributed by atoms with van der Waals surface area (Å²) in [6.45, 7) is 1.82. The molecule has 0 saturated heterocycles. The molecule has 1 amide bonds. The van der Waals surface area contributed by atoms with Crippen molar-refractivity contribution in [1.29, 1.82) is 0 Å². The van der Waals surface area contributed by atoms with Gasteiger partial charge in [-0.2, -0.15) is 0 Å². The van der Waals surface area contributed by atoms with Crippen molar-refractivity contribution >= 4 is 30.0 Å². The molecule has 2 aliphatic rings. The predicted octanol–water partition coefficient (Wildman–Crippen LogP) is 3.61. The van der Waals surface area contributed by atoms with Gasteiger partial charge in [-0.25, -0.2) is 14.1 Å². The molecule has 3 heterocycles. The number of pyridine rings is 1. The van der Waals surface area contributed by atoms with E-state index in [1.54, 1.807) is 36.5 Å². The van der Waals surface area contributed by atoms with Gasteiger partial charge in [0.2, 0.25) is 0 Å². The normalized spacial score (nSPS) is 19.0. The van der Waals surface area contributed by atoms with Crippen molar-refractivity contribution in [2.75, 3.05) is 11.4 Å². The second kappa shape index (κ2) is 7.44. The van der Waals surface area contributed by atoms with Crippen LogP contribution in [-0.2, 0) is 27.8 Å². The number of carbonyl (C=O) groups is 2. The third-order valence-corrected chi connectivity index (χ3v) is 5.78. The van der Waals surface area contributed by atoms with Crippen LogP contribution in [0.25, 0.3) is 0 Å². The Kier molecular flexibility index (Phi) is 4.96. The van der Waals surface area contributed by atoms with E-state index in [4.69, 9.17) is 4.74 Å². The lowest BCUT2D eigenvalue weighted by Gasteiger charge is -2.21. The SMILES string of the molecule is COC(=O)c1cccc2c(nc(C)cc1)CC1(C2)C(=O)N(SF)c2ncccc21. The van der Waals surface area contributed by atoms with Crippen molar-refractivity contribution < 1.29 is 18.2 Å². The fraction of sp³-hybridized carbons (Fsp3) is 0.238. The highest BCUT2D eigenvalue weighted by Crippen LogP contribution is 2.50. The number of aromatic nitrogens is 2. The van der Waals surface area contributed by atoms with E-state index in [0.29, 0.717) is 35.5 Å². The maximum atomic E-state index is 13.6. The van der Waals surface area contributed by atoms with E-state index in [-0.39, 0.29) is 18.2 Å². The van der Waals surface area contributed by atoms with Gasteiger partial charge in [-0.15, -0.1) is 3.89 Å². The molecule has 1 atom stereocenters. The fourth-order valence-electron chi connectivity index (χ4n) is 3.94. The number of ether oxygens (including phenoxy) is 1. The summed E-state index contributed by atoms with van der Waals surface area (Å²) in [6, 6.07) is 12.2. The number of carbonyl (C=O) groups excluding carboxylic acids is 2. The van der Waals surface area contributed by atoms with Crippen molar-refractivity contribution in [1.82, 2.24) is 9.97 Å². The molecular formula is C21H18FN3O3S. The number of halogens is 1. The van der Waals surface area contributed by atoms with Gasteiger partial charge >= 0.3 is 5.97 Å². The van der Waals surface area contributed by atoms with Gasteiger partial charge in [-0.1, -0.05) is 18.2 Å². The average Bonchev–Trinajstić information content (AvgIpc) is 3.20. The van der Waals surface area contributed by atoms with Crippen molar-refractivity contribution in [3.05, 3.63) is 76.7 Å². The molecule has 1 unspecified atom stereocenters. The summed E-state index contributed by atoms with van der Waals surface area (Å²) in [4.78, 5) is 34.0. The largest absolute Gasteiger partial charge is 0.465 e. The minimum Gasteiger partial charge on any atom is -0.465 e. The fourth-order valence-corrected chi connectivity index (χ4v) is 4.39. The first-order valence-corrected chi connectivity index (χ1v) is 9.68. The maximum absolute atomic E-state index is 13.6. The van der Waals surface area contributed by atoms with Gasteiger partial charge in [0, 0.05) is 29.6 Å². The molecule has 8 heteroatoms. The van der Waals surface area contributed by atoms with Crippen molar-refractivity contribution in [2.45, 2.75) is 25.2 Å². The zero-order valence-corrected chi connectivity index (χ0v) is 16.7. The van der Waals surface area contributed by atoms with Crippen LogP contribution < -0.4 is 4.31 Å². The summed E-state index contributed by atoms with van der Waals surface area (Å²) in [5, 5.41) is 0. The van der Waals surface area contributed by atoms with E-state index >= 15 is 0 Å². The number of hydrogen-bond donors (Lipinski definition) is 0. The second-order valence-corrected chi connectivity index (χ2v) is 7.51. The number of esters is 1. The molecule has 4 rings (SSSR count). The van der Waals surface area contributed by atoms with Crippen LogP contribution in [0, 0.1) is 6.92 Å². The van der Waals surface area contributed by atoms with Gasteiger partial charge in [0.05, 0.1) is 18.1 Å². The monoisotopic (exact) mass is 411 g/mol. The summed E-state index contributed by atoms with van der Waals surface area (Å²) in [5.74, 6) is -0.436. The number of hydrogen-bond acceptors (Lipinski definition) is 6. The summed E-state index contributed by atoms with van der Waals surface area (Å²) >= 11 is -0.124. The highest BCUT2D eigenvalue weighted by atomic mass is 32.2. The van der Waals surface area contributed by atoms with E-state index in [1.165, 1.54) is 7.11 Å². The average molecular weight is 411 g/mol. The van der Waals surface area contributed by atoms with Gasteiger partial charge in [0.15, 0.2) is 18.2 Å². The molecule has 0 N–H and O–H groups in total. The summed E-state index contributed by atoms with van der Waals surface area (Å²) in [6.07, 6.45) is 2.29. The zero-order valence-electron chi connectivity index (χ0n) is 15.9. The first kappa shape index (κ1) is 19.3. The van der Waals surface area contributed by atoms with E-state index in [0.717, 1.165) is 15.6 Å². The van der Waals surface area contributed by atoms with Crippen LogP contribution in [0.2, 0.25) is 0 Å². The lowest BCUT2D eigenvalue weighted by Crippen LogP contribution is -2.38. The Morgan fingerprint density at radius 1 is 1.21 bits per heavy atom. The number of methoxy groups -OCH3 is 1. The molecule has 0 radical (unpaired) electrons. The molecule has 2 aromatic heterocycles.